The summed E-state index contributed by atoms with van der Waals surface area (Å²) in [6.07, 6.45) is 1.88. The summed E-state index contributed by atoms with van der Waals surface area (Å²) in [6.45, 7) is 0.0572. The molecule has 0 spiro atoms. The van der Waals surface area contributed by atoms with Crippen LogP contribution in [0.5, 0.6) is 0 Å². The van der Waals surface area contributed by atoms with E-state index in [9.17, 15) is 14.4 Å². The quantitative estimate of drug-likeness (QED) is 0.282. The predicted octanol–water partition coefficient (Wildman–Crippen LogP) is -2.84. The van der Waals surface area contributed by atoms with Crippen LogP contribution < -0.4 is 27.8 Å². The Morgan fingerprint density at radius 3 is 2.28 bits per heavy atom. The van der Waals surface area contributed by atoms with Crippen molar-refractivity contribution < 1.29 is 14.4 Å². The number of rotatable bonds is 9. The first-order valence-electron chi connectivity index (χ1n) is 5.76. The van der Waals surface area contributed by atoms with Crippen molar-refractivity contribution in [3.8, 4) is 0 Å². The van der Waals surface area contributed by atoms with E-state index in [1.807, 2.05) is 0 Å². The van der Waals surface area contributed by atoms with Gasteiger partial charge in [0.1, 0.15) is 6.04 Å². The molecule has 8 N–H and O–H groups in total. The van der Waals surface area contributed by atoms with Crippen LogP contribution in [0.4, 0.5) is 0 Å². The number of primary amides is 1. The number of unbranched alkanes of at least 4 members (excludes halogenated alkanes) is 1. The standard InChI is InChI=1S/C10H21N5O3/c11-4-2-1-3-7(15-9(17)5-12)10(18)14-6-8(13)16/h7H,1-6,11-12H2,(H2,13,16)(H,14,18)(H,15,17)/t7-/m0/s1. The Balaban J connectivity index is 4.28. The van der Waals surface area contributed by atoms with Gasteiger partial charge in [0.2, 0.25) is 17.7 Å². The largest absolute Gasteiger partial charge is 0.368 e. The third-order valence-corrected chi connectivity index (χ3v) is 2.22. The number of hydrogen-bond acceptors (Lipinski definition) is 5. The number of carbonyl (C=O) groups excluding carboxylic acids is 3. The topological polar surface area (TPSA) is 153 Å². The van der Waals surface area contributed by atoms with Gasteiger partial charge < -0.3 is 27.8 Å². The number of hydrogen-bond donors (Lipinski definition) is 5. The molecule has 0 aromatic rings. The second-order valence-electron chi connectivity index (χ2n) is 3.79. The van der Waals surface area contributed by atoms with Crippen molar-refractivity contribution in [1.82, 2.24) is 10.6 Å². The summed E-state index contributed by atoms with van der Waals surface area (Å²) in [6, 6.07) is -0.716. The maximum Gasteiger partial charge on any atom is 0.243 e. The summed E-state index contributed by atoms with van der Waals surface area (Å²) in [5.41, 5.74) is 15.4. The monoisotopic (exact) mass is 259 g/mol. The highest BCUT2D eigenvalue weighted by molar-refractivity contribution is 5.90. The fourth-order valence-electron chi connectivity index (χ4n) is 1.31. The molecule has 8 heteroatoms. The lowest BCUT2D eigenvalue weighted by molar-refractivity contribution is -0.129. The molecule has 0 aromatic heterocycles. The molecule has 0 heterocycles. The molecule has 0 aliphatic heterocycles. The van der Waals surface area contributed by atoms with Crippen LogP contribution in [-0.2, 0) is 14.4 Å². The fourth-order valence-corrected chi connectivity index (χ4v) is 1.31. The van der Waals surface area contributed by atoms with Crippen LogP contribution in [0.2, 0.25) is 0 Å². The number of carbonyl (C=O) groups is 3. The number of amides is 3. The van der Waals surface area contributed by atoms with E-state index in [0.29, 0.717) is 19.4 Å². The van der Waals surface area contributed by atoms with Gasteiger partial charge in [0.15, 0.2) is 0 Å². The average Bonchev–Trinajstić information content (AvgIpc) is 2.34. The summed E-state index contributed by atoms with van der Waals surface area (Å²) >= 11 is 0. The molecular weight excluding hydrogens is 238 g/mol. The molecule has 1 atom stereocenters. The highest BCUT2D eigenvalue weighted by Gasteiger charge is 2.19. The van der Waals surface area contributed by atoms with Crippen molar-refractivity contribution >= 4 is 17.7 Å². The lowest BCUT2D eigenvalue weighted by atomic mass is 10.1. The van der Waals surface area contributed by atoms with Crippen LogP contribution in [0.15, 0.2) is 0 Å². The Labute approximate surface area is 106 Å². The molecule has 0 radical (unpaired) electrons. The summed E-state index contributed by atoms with van der Waals surface area (Å²) in [5, 5.41) is 4.82. The van der Waals surface area contributed by atoms with Gasteiger partial charge in [-0.15, -0.1) is 0 Å². The maximum absolute atomic E-state index is 11.7. The van der Waals surface area contributed by atoms with Crippen molar-refractivity contribution in [1.29, 1.82) is 0 Å². The van der Waals surface area contributed by atoms with Gasteiger partial charge in [-0.25, -0.2) is 0 Å². The van der Waals surface area contributed by atoms with Crippen molar-refractivity contribution in [2.24, 2.45) is 17.2 Å². The Morgan fingerprint density at radius 2 is 1.78 bits per heavy atom. The Bertz CT molecular complexity index is 295. The smallest absolute Gasteiger partial charge is 0.243 e. The van der Waals surface area contributed by atoms with E-state index in [-0.39, 0.29) is 13.1 Å². The van der Waals surface area contributed by atoms with Crippen molar-refractivity contribution in [3.05, 3.63) is 0 Å². The second-order valence-corrected chi connectivity index (χ2v) is 3.79. The molecule has 8 nitrogen and oxygen atoms in total. The van der Waals surface area contributed by atoms with Crippen LogP contribution in [0.3, 0.4) is 0 Å². The minimum atomic E-state index is -0.716. The predicted molar refractivity (Wildman–Crippen MR) is 66.1 cm³/mol. The summed E-state index contributed by atoms with van der Waals surface area (Å²) < 4.78 is 0. The summed E-state index contributed by atoms with van der Waals surface area (Å²) in [5.74, 6) is -1.52. The molecule has 3 amide bonds. The molecule has 104 valence electrons. The summed E-state index contributed by atoms with van der Waals surface area (Å²) in [7, 11) is 0. The minimum Gasteiger partial charge on any atom is -0.368 e. The molecule has 0 aromatic carbocycles. The lowest BCUT2D eigenvalue weighted by Crippen LogP contribution is -2.49. The van der Waals surface area contributed by atoms with E-state index >= 15 is 0 Å². The van der Waals surface area contributed by atoms with E-state index in [1.165, 1.54) is 0 Å². The molecule has 0 unspecified atom stereocenters. The van der Waals surface area contributed by atoms with Gasteiger partial charge in [0.05, 0.1) is 13.1 Å². The highest BCUT2D eigenvalue weighted by atomic mass is 16.2. The number of nitrogens with two attached hydrogens (primary N) is 3. The van der Waals surface area contributed by atoms with Crippen molar-refractivity contribution in [2.75, 3.05) is 19.6 Å². The zero-order valence-corrected chi connectivity index (χ0v) is 10.3. The molecular formula is C10H21N5O3. The molecule has 18 heavy (non-hydrogen) atoms. The van der Waals surface area contributed by atoms with Gasteiger partial charge in [-0.3, -0.25) is 14.4 Å². The van der Waals surface area contributed by atoms with Crippen molar-refractivity contribution in [3.63, 3.8) is 0 Å². The Kier molecular flexibility index (Phi) is 8.50. The SMILES string of the molecule is NCCCC[C@H](NC(=O)CN)C(=O)NCC(N)=O. The van der Waals surface area contributed by atoms with Crippen LogP contribution in [0, 0.1) is 0 Å². The average molecular weight is 259 g/mol. The van der Waals surface area contributed by atoms with E-state index in [2.05, 4.69) is 10.6 Å². The Hall–Kier alpha value is -1.67. The highest BCUT2D eigenvalue weighted by Crippen LogP contribution is 2.00. The zero-order chi connectivity index (χ0) is 14.0. The first-order valence-corrected chi connectivity index (χ1v) is 5.76. The molecule has 0 rings (SSSR count). The molecule has 0 bridgehead atoms. The van der Waals surface area contributed by atoms with E-state index < -0.39 is 23.8 Å². The van der Waals surface area contributed by atoms with E-state index in [4.69, 9.17) is 17.2 Å². The molecule has 0 fully saturated rings. The van der Waals surface area contributed by atoms with Crippen LogP contribution >= 0.6 is 0 Å². The van der Waals surface area contributed by atoms with Gasteiger partial charge in [0, 0.05) is 0 Å². The molecule has 0 saturated heterocycles. The zero-order valence-electron chi connectivity index (χ0n) is 10.3. The van der Waals surface area contributed by atoms with E-state index in [1.54, 1.807) is 0 Å². The molecule has 0 aliphatic rings. The van der Waals surface area contributed by atoms with Crippen LogP contribution in [0.25, 0.3) is 0 Å². The maximum atomic E-state index is 11.7. The Morgan fingerprint density at radius 1 is 1.11 bits per heavy atom. The summed E-state index contributed by atoms with van der Waals surface area (Å²) in [4.78, 5) is 33.4. The second kappa shape index (κ2) is 9.37. The fraction of sp³-hybridized carbons (Fsp3) is 0.700. The minimum absolute atomic E-state index is 0.198. The third-order valence-electron chi connectivity index (χ3n) is 2.22. The van der Waals surface area contributed by atoms with Crippen LogP contribution in [-0.4, -0.2) is 43.4 Å². The van der Waals surface area contributed by atoms with Gasteiger partial charge >= 0.3 is 0 Å². The molecule has 0 saturated carbocycles. The van der Waals surface area contributed by atoms with Gasteiger partial charge in [0.25, 0.3) is 0 Å². The van der Waals surface area contributed by atoms with Crippen LogP contribution in [0.1, 0.15) is 19.3 Å². The first-order chi connectivity index (χ1) is 8.51. The lowest BCUT2D eigenvalue weighted by Gasteiger charge is -2.17. The normalized spacial score (nSPS) is 11.7. The molecule has 0 aliphatic carbocycles. The number of nitrogens with one attached hydrogen (secondary N) is 2. The van der Waals surface area contributed by atoms with Gasteiger partial charge in [-0.2, -0.15) is 0 Å². The first kappa shape index (κ1) is 16.3. The third kappa shape index (κ3) is 7.58. The van der Waals surface area contributed by atoms with Gasteiger partial charge in [-0.1, -0.05) is 0 Å². The van der Waals surface area contributed by atoms with E-state index in [0.717, 1.165) is 6.42 Å². The van der Waals surface area contributed by atoms with Crippen molar-refractivity contribution in [2.45, 2.75) is 25.3 Å². The van der Waals surface area contributed by atoms with Gasteiger partial charge in [-0.05, 0) is 25.8 Å².